The lowest BCUT2D eigenvalue weighted by atomic mass is 9.84. The van der Waals surface area contributed by atoms with E-state index in [0.29, 0.717) is 5.41 Å². The molecule has 0 rings (SSSR count). The van der Waals surface area contributed by atoms with Crippen molar-refractivity contribution in [1.29, 1.82) is 0 Å². The molecule has 0 saturated carbocycles. The maximum atomic E-state index is 2.42. The molecule has 0 N–H and O–H groups in total. The number of hydrogen-bond acceptors (Lipinski definition) is 0. The van der Waals surface area contributed by atoms with E-state index in [1.165, 1.54) is 32.1 Å². The van der Waals surface area contributed by atoms with Crippen molar-refractivity contribution in [3.8, 4) is 0 Å². The summed E-state index contributed by atoms with van der Waals surface area (Å²) in [5.74, 6) is 1.83. The first kappa shape index (κ1) is 14.0. The third-order valence-corrected chi connectivity index (χ3v) is 3.30. The molecular weight excluding hydrogens is 168 g/mol. The van der Waals surface area contributed by atoms with Crippen molar-refractivity contribution in [3.63, 3.8) is 0 Å². The van der Waals surface area contributed by atoms with E-state index in [-0.39, 0.29) is 0 Å². The molecule has 0 saturated heterocycles. The Morgan fingerprint density at radius 2 is 1.43 bits per heavy atom. The van der Waals surface area contributed by atoms with Crippen LogP contribution in [-0.2, 0) is 0 Å². The van der Waals surface area contributed by atoms with Gasteiger partial charge >= 0.3 is 0 Å². The monoisotopic (exact) mass is 198 g/mol. The van der Waals surface area contributed by atoms with Crippen molar-refractivity contribution in [2.45, 2.75) is 73.6 Å². The third kappa shape index (κ3) is 7.41. The Morgan fingerprint density at radius 3 is 1.86 bits per heavy atom. The van der Waals surface area contributed by atoms with Crippen molar-refractivity contribution in [2.75, 3.05) is 0 Å². The molecule has 0 fully saturated rings. The average Bonchev–Trinajstić information content (AvgIpc) is 2.02. The summed E-state index contributed by atoms with van der Waals surface area (Å²) in [6.07, 6.45) is 6.93. The van der Waals surface area contributed by atoms with Crippen molar-refractivity contribution in [1.82, 2.24) is 0 Å². The molecule has 0 heterocycles. The molecule has 0 aromatic carbocycles. The molecule has 0 aliphatic rings. The van der Waals surface area contributed by atoms with Crippen molar-refractivity contribution in [2.24, 2.45) is 17.3 Å². The summed E-state index contributed by atoms with van der Waals surface area (Å²) >= 11 is 0. The normalized spacial score (nSPS) is 16.7. The summed E-state index contributed by atoms with van der Waals surface area (Å²) in [6.45, 7) is 14.1. The van der Waals surface area contributed by atoms with E-state index in [4.69, 9.17) is 0 Å². The van der Waals surface area contributed by atoms with Crippen molar-refractivity contribution < 1.29 is 0 Å². The molecule has 0 aliphatic heterocycles. The van der Waals surface area contributed by atoms with E-state index in [2.05, 4.69) is 41.5 Å². The fourth-order valence-corrected chi connectivity index (χ4v) is 1.98. The van der Waals surface area contributed by atoms with Gasteiger partial charge in [0.15, 0.2) is 0 Å². The maximum Gasteiger partial charge on any atom is -0.0383 e. The predicted molar refractivity (Wildman–Crippen MR) is 66.5 cm³/mol. The lowest BCUT2D eigenvalue weighted by molar-refractivity contribution is 0.296. The second kappa shape index (κ2) is 6.48. The highest BCUT2D eigenvalue weighted by molar-refractivity contribution is 4.66. The Hall–Kier alpha value is 0. The first-order valence-electron chi connectivity index (χ1n) is 6.37. The summed E-state index contributed by atoms with van der Waals surface area (Å²) in [5, 5.41) is 0. The molecule has 2 unspecified atom stereocenters. The molecule has 0 bridgehead atoms. The van der Waals surface area contributed by atoms with E-state index in [0.717, 1.165) is 11.8 Å². The molecule has 86 valence electrons. The molecule has 0 amide bonds. The lowest BCUT2D eigenvalue weighted by Crippen LogP contribution is -2.10. The molecule has 0 aromatic heterocycles. The molecule has 0 heteroatoms. The van der Waals surface area contributed by atoms with Crippen LogP contribution < -0.4 is 0 Å². The van der Waals surface area contributed by atoms with Gasteiger partial charge in [0.05, 0.1) is 0 Å². The fraction of sp³-hybridized carbons (Fsp3) is 1.00. The van der Waals surface area contributed by atoms with Crippen LogP contribution in [0.3, 0.4) is 0 Å². The van der Waals surface area contributed by atoms with Crippen LogP contribution in [0.25, 0.3) is 0 Å². The van der Waals surface area contributed by atoms with Crippen molar-refractivity contribution >= 4 is 0 Å². The Balaban J connectivity index is 3.58. The van der Waals surface area contributed by atoms with Gasteiger partial charge in [0.25, 0.3) is 0 Å². The zero-order valence-corrected chi connectivity index (χ0v) is 11.2. The van der Waals surface area contributed by atoms with Crippen LogP contribution in [0, 0.1) is 17.3 Å². The predicted octanol–water partition coefficient (Wildman–Crippen LogP) is 5.28. The van der Waals surface area contributed by atoms with Gasteiger partial charge in [-0.25, -0.2) is 0 Å². The standard InChI is InChI=1S/C14H30/c1-7-9-12(2)13(3)10-8-11-14(4,5)6/h12-13H,7-11H2,1-6H3. The quantitative estimate of drug-likeness (QED) is 0.545. The van der Waals surface area contributed by atoms with Gasteiger partial charge in [-0.05, 0) is 23.7 Å². The maximum absolute atomic E-state index is 2.42. The minimum Gasteiger partial charge on any atom is -0.0654 e. The van der Waals surface area contributed by atoms with Crippen LogP contribution in [-0.4, -0.2) is 0 Å². The van der Waals surface area contributed by atoms with E-state index in [9.17, 15) is 0 Å². The highest BCUT2D eigenvalue weighted by Crippen LogP contribution is 2.26. The van der Waals surface area contributed by atoms with Crippen LogP contribution in [0.4, 0.5) is 0 Å². The third-order valence-electron chi connectivity index (χ3n) is 3.30. The number of rotatable bonds is 6. The molecule has 2 atom stereocenters. The highest BCUT2D eigenvalue weighted by atomic mass is 14.2. The zero-order valence-electron chi connectivity index (χ0n) is 11.2. The molecule has 0 radical (unpaired) electrons. The van der Waals surface area contributed by atoms with Gasteiger partial charge in [-0.1, -0.05) is 67.2 Å². The van der Waals surface area contributed by atoms with Gasteiger partial charge in [-0.2, -0.15) is 0 Å². The fourth-order valence-electron chi connectivity index (χ4n) is 1.98. The van der Waals surface area contributed by atoms with Crippen LogP contribution in [0.2, 0.25) is 0 Å². The summed E-state index contributed by atoms with van der Waals surface area (Å²) in [4.78, 5) is 0. The first-order valence-corrected chi connectivity index (χ1v) is 6.37. The Kier molecular flexibility index (Phi) is 6.48. The Bertz CT molecular complexity index is 129. The molecule has 0 spiro atoms. The molecule has 0 nitrogen and oxygen atoms in total. The minimum absolute atomic E-state index is 0.522. The van der Waals surface area contributed by atoms with E-state index in [1.54, 1.807) is 0 Å². The van der Waals surface area contributed by atoms with E-state index < -0.39 is 0 Å². The van der Waals surface area contributed by atoms with Crippen LogP contribution in [0.1, 0.15) is 73.6 Å². The van der Waals surface area contributed by atoms with Gasteiger partial charge in [0, 0.05) is 0 Å². The minimum atomic E-state index is 0.522. The van der Waals surface area contributed by atoms with Gasteiger partial charge in [-0.15, -0.1) is 0 Å². The second-order valence-electron chi connectivity index (χ2n) is 6.20. The van der Waals surface area contributed by atoms with Gasteiger partial charge in [0.2, 0.25) is 0 Å². The van der Waals surface area contributed by atoms with Crippen LogP contribution in [0.15, 0.2) is 0 Å². The molecule has 0 aliphatic carbocycles. The second-order valence-corrected chi connectivity index (χ2v) is 6.20. The summed E-state index contributed by atoms with van der Waals surface area (Å²) in [5.41, 5.74) is 0.522. The Labute approximate surface area is 91.5 Å². The number of hydrogen-bond donors (Lipinski definition) is 0. The summed E-state index contributed by atoms with van der Waals surface area (Å²) in [7, 11) is 0. The summed E-state index contributed by atoms with van der Waals surface area (Å²) in [6, 6.07) is 0. The molecular formula is C14H30. The zero-order chi connectivity index (χ0) is 11.2. The summed E-state index contributed by atoms with van der Waals surface area (Å²) < 4.78 is 0. The lowest BCUT2D eigenvalue weighted by Gasteiger charge is -2.22. The topological polar surface area (TPSA) is 0 Å². The highest BCUT2D eigenvalue weighted by Gasteiger charge is 2.14. The average molecular weight is 198 g/mol. The molecule has 0 aromatic rings. The first-order chi connectivity index (χ1) is 6.37. The van der Waals surface area contributed by atoms with E-state index >= 15 is 0 Å². The smallest absolute Gasteiger partial charge is 0.0383 e. The van der Waals surface area contributed by atoms with Crippen LogP contribution >= 0.6 is 0 Å². The molecule has 14 heavy (non-hydrogen) atoms. The van der Waals surface area contributed by atoms with Crippen molar-refractivity contribution in [3.05, 3.63) is 0 Å². The van der Waals surface area contributed by atoms with Gasteiger partial charge in [-0.3, -0.25) is 0 Å². The van der Waals surface area contributed by atoms with Crippen LogP contribution in [0.5, 0.6) is 0 Å². The largest absolute Gasteiger partial charge is 0.0654 e. The van der Waals surface area contributed by atoms with Gasteiger partial charge < -0.3 is 0 Å². The van der Waals surface area contributed by atoms with E-state index in [1.807, 2.05) is 0 Å². The SMILES string of the molecule is CCCC(C)C(C)CCCC(C)(C)C. The Morgan fingerprint density at radius 1 is 0.929 bits per heavy atom. The van der Waals surface area contributed by atoms with Gasteiger partial charge in [0.1, 0.15) is 0 Å².